The van der Waals surface area contributed by atoms with Gasteiger partial charge in [-0.25, -0.2) is 0 Å². The second-order valence-corrected chi connectivity index (χ2v) is 5.37. The summed E-state index contributed by atoms with van der Waals surface area (Å²) in [5.41, 5.74) is 6.78. The Morgan fingerprint density at radius 1 is 1.47 bits per heavy atom. The van der Waals surface area contributed by atoms with Gasteiger partial charge >= 0.3 is 0 Å². The van der Waals surface area contributed by atoms with Crippen LogP contribution < -0.4 is 10.5 Å². The lowest BCUT2D eigenvalue weighted by Gasteiger charge is -2.14. The highest BCUT2D eigenvalue weighted by Crippen LogP contribution is 2.38. The summed E-state index contributed by atoms with van der Waals surface area (Å²) in [7, 11) is 1.58. The number of phenolic OH excluding ortho intramolecular Hbond substituents is 1. The molecule has 1 aromatic heterocycles. The fourth-order valence-electron chi connectivity index (χ4n) is 1.57. The molecule has 2 aromatic rings. The smallest absolute Gasteiger partial charge is 0.135 e. The van der Waals surface area contributed by atoms with E-state index in [4.69, 9.17) is 10.5 Å². The Labute approximate surface area is 112 Å². The topological polar surface area (TPSA) is 55.5 Å². The maximum atomic E-state index is 10.0. The third-order valence-corrected chi connectivity index (χ3v) is 4.05. The van der Waals surface area contributed by atoms with Gasteiger partial charge < -0.3 is 15.6 Å². The molecule has 0 bridgehead atoms. The molecule has 0 aliphatic carbocycles. The number of hydrogen-bond donors (Lipinski definition) is 2. The first-order chi connectivity index (χ1) is 8.13. The summed E-state index contributed by atoms with van der Waals surface area (Å²) in [5.74, 6) is 0.823. The zero-order valence-electron chi connectivity index (χ0n) is 9.18. The van der Waals surface area contributed by atoms with E-state index in [0.717, 1.165) is 4.88 Å². The summed E-state index contributed by atoms with van der Waals surface area (Å²) in [5, 5.41) is 12.0. The van der Waals surface area contributed by atoms with Gasteiger partial charge in [0, 0.05) is 10.4 Å². The molecule has 0 amide bonds. The summed E-state index contributed by atoms with van der Waals surface area (Å²) < 4.78 is 5.75. The fourth-order valence-corrected chi connectivity index (χ4v) is 2.77. The molecular formula is C12H12BrNO2S. The summed E-state index contributed by atoms with van der Waals surface area (Å²) in [4.78, 5) is 1.00. The molecule has 5 heteroatoms. The van der Waals surface area contributed by atoms with Crippen LogP contribution in [0, 0.1) is 0 Å². The fraction of sp³-hybridized carbons (Fsp3) is 0.167. The lowest BCUT2D eigenvalue weighted by Crippen LogP contribution is -2.10. The van der Waals surface area contributed by atoms with Crippen LogP contribution in [0.3, 0.4) is 0 Å². The van der Waals surface area contributed by atoms with E-state index >= 15 is 0 Å². The number of nitrogens with two attached hydrogens (primary N) is 1. The number of halogens is 1. The maximum absolute atomic E-state index is 10.0. The predicted octanol–water partition coefficient (Wildman–Crippen LogP) is 3.27. The van der Waals surface area contributed by atoms with Gasteiger partial charge in [0.15, 0.2) is 0 Å². The van der Waals surface area contributed by atoms with E-state index in [9.17, 15) is 5.11 Å². The van der Waals surface area contributed by atoms with Crippen LogP contribution in [0.15, 0.2) is 34.1 Å². The minimum absolute atomic E-state index is 0.159. The van der Waals surface area contributed by atoms with Crippen LogP contribution in [0.5, 0.6) is 11.5 Å². The largest absolute Gasteiger partial charge is 0.506 e. The normalized spacial score (nSPS) is 12.4. The van der Waals surface area contributed by atoms with E-state index in [-0.39, 0.29) is 11.8 Å². The number of aromatic hydroxyl groups is 1. The van der Waals surface area contributed by atoms with Crippen molar-refractivity contribution in [1.82, 2.24) is 0 Å². The van der Waals surface area contributed by atoms with Gasteiger partial charge in [-0.1, -0.05) is 6.07 Å². The van der Waals surface area contributed by atoms with Gasteiger partial charge in [-0.05, 0) is 39.5 Å². The Morgan fingerprint density at radius 3 is 2.82 bits per heavy atom. The molecule has 3 nitrogen and oxygen atoms in total. The van der Waals surface area contributed by atoms with Crippen molar-refractivity contribution in [3.63, 3.8) is 0 Å². The van der Waals surface area contributed by atoms with Crippen molar-refractivity contribution in [2.45, 2.75) is 6.04 Å². The number of benzene rings is 1. The Morgan fingerprint density at radius 2 is 2.24 bits per heavy atom. The van der Waals surface area contributed by atoms with Crippen molar-refractivity contribution in [3.8, 4) is 11.5 Å². The third-order valence-electron chi connectivity index (χ3n) is 2.49. The molecule has 0 saturated heterocycles. The average molecular weight is 314 g/mol. The minimum atomic E-state index is -0.346. The highest BCUT2D eigenvalue weighted by molar-refractivity contribution is 9.10. The molecule has 0 radical (unpaired) electrons. The summed E-state index contributed by atoms with van der Waals surface area (Å²) >= 11 is 4.85. The standard InChI is InChI=1S/C12H12BrNO2S/c1-16-7-5-8(12(15)9(13)6-7)11(14)10-3-2-4-17-10/h2-6,11,15H,14H2,1H3/t11-/m0/s1. The Balaban J connectivity index is 2.47. The first-order valence-electron chi connectivity index (χ1n) is 4.99. The van der Waals surface area contributed by atoms with Crippen molar-refractivity contribution < 1.29 is 9.84 Å². The van der Waals surface area contributed by atoms with Gasteiger partial charge in [0.25, 0.3) is 0 Å². The molecule has 2 rings (SSSR count). The first kappa shape index (κ1) is 12.4. The van der Waals surface area contributed by atoms with Crippen LogP contribution in [-0.2, 0) is 0 Å². The van der Waals surface area contributed by atoms with E-state index in [2.05, 4.69) is 15.9 Å². The zero-order chi connectivity index (χ0) is 12.4. The summed E-state index contributed by atoms with van der Waals surface area (Å²) in [6.45, 7) is 0. The number of phenols is 1. The van der Waals surface area contributed by atoms with Gasteiger partial charge in [0.05, 0.1) is 17.6 Å². The quantitative estimate of drug-likeness (QED) is 0.914. The van der Waals surface area contributed by atoms with Gasteiger partial charge in [-0.15, -0.1) is 11.3 Å². The van der Waals surface area contributed by atoms with Crippen LogP contribution >= 0.6 is 27.3 Å². The zero-order valence-corrected chi connectivity index (χ0v) is 11.6. The average Bonchev–Trinajstić information content (AvgIpc) is 2.85. The Kier molecular flexibility index (Phi) is 3.71. The van der Waals surface area contributed by atoms with Crippen LogP contribution in [0.1, 0.15) is 16.5 Å². The summed E-state index contributed by atoms with van der Waals surface area (Å²) in [6, 6.07) is 7.00. The Bertz CT molecular complexity index is 513. The maximum Gasteiger partial charge on any atom is 0.135 e. The highest BCUT2D eigenvalue weighted by atomic mass is 79.9. The molecule has 17 heavy (non-hydrogen) atoms. The molecule has 1 aromatic carbocycles. The minimum Gasteiger partial charge on any atom is -0.506 e. The molecule has 1 atom stereocenters. The molecule has 0 aliphatic heterocycles. The Hall–Kier alpha value is -1.04. The van der Waals surface area contributed by atoms with Crippen LogP contribution in [0.2, 0.25) is 0 Å². The molecule has 3 N–H and O–H groups in total. The van der Waals surface area contributed by atoms with Gasteiger partial charge in [-0.3, -0.25) is 0 Å². The molecular weight excluding hydrogens is 302 g/mol. The van der Waals surface area contributed by atoms with E-state index in [1.54, 1.807) is 30.6 Å². The second-order valence-electron chi connectivity index (χ2n) is 3.54. The number of ether oxygens (including phenoxy) is 1. The van der Waals surface area contributed by atoms with Crippen molar-refractivity contribution in [2.75, 3.05) is 7.11 Å². The summed E-state index contributed by atoms with van der Waals surface area (Å²) in [6.07, 6.45) is 0. The van der Waals surface area contributed by atoms with E-state index in [0.29, 0.717) is 15.8 Å². The first-order valence-corrected chi connectivity index (χ1v) is 6.66. The van der Waals surface area contributed by atoms with Gasteiger partial charge in [0.1, 0.15) is 11.5 Å². The molecule has 90 valence electrons. The molecule has 0 fully saturated rings. The SMILES string of the molecule is COc1cc(Br)c(O)c([C@H](N)c2cccs2)c1. The van der Waals surface area contributed by atoms with E-state index in [1.165, 1.54) is 0 Å². The van der Waals surface area contributed by atoms with Crippen molar-refractivity contribution in [1.29, 1.82) is 0 Å². The van der Waals surface area contributed by atoms with Crippen molar-refractivity contribution in [2.24, 2.45) is 5.73 Å². The van der Waals surface area contributed by atoms with Gasteiger partial charge in [-0.2, -0.15) is 0 Å². The third kappa shape index (κ3) is 2.46. The number of hydrogen-bond acceptors (Lipinski definition) is 4. The molecule has 0 spiro atoms. The van der Waals surface area contributed by atoms with Crippen LogP contribution in [0.25, 0.3) is 0 Å². The van der Waals surface area contributed by atoms with Crippen molar-refractivity contribution in [3.05, 3.63) is 44.6 Å². The lowest BCUT2D eigenvalue weighted by atomic mass is 10.0. The van der Waals surface area contributed by atoms with E-state index in [1.807, 2.05) is 17.5 Å². The number of thiophene rings is 1. The van der Waals surface area contributed by atoms with E-state index < -0.39 is 0 Å². The molecule has 1 heterocycles. The molecule has 0 saturated carbocycles. The van der Waals surface area contributed by atoms with Crippen LogP contribution in [0.4, 0.5) is 0 Å². The number of rotatable bonds is 3. The second kappa shape index (κ2) is 5.08. The highest BCUT2D eigenvalue weighted by Gasteiger charge is 2.17. The molecule has 0 aliphatic rings. The van der Waals surface area contributed by atoms with Gasteiger partial charge in [0.2, 0.25) is 0 Å². The lowest BCUT2D eigenvalue weighted by molar-refractivity contribution is 0.409. The van der Waals surface area contributed by atoms with Crippen molar-refractivity contribution >= 4 is 27.3 Å². The number of methoxy groups -OCH3 is 1. The molecule has 0 unspecified atom stereocenters. The monoisotopic (exact) mass is 313 g/mol. The predicted molar refractivity (Wildman–Crippen MR) is 72.7 cm³/mol. The van der Waals surface area contributed by atoms with Crippen LogP contribution in [-0.4, -0.2) is 12.2 Å².